The average molecular weight is 307 g/mol. The molecular weight excluding hydrogens is 290 g/mol. The highest BCUT2D eigenvalue weighted by molar-refractivity contribution is 5.95. The van der Waals surface area contributed by atoms with Crippen LogP contribution in [-0.4, -0.2) is 58.9 Å². The molecule has 0 radical (unpaired) electrons. The summed E-state index contributed by atoms with van der Waals surface area (Å²) >= 11 is 0. The zero-order valence-corrected chi connectivity index (χ0v) is 11.9. The molecule has 1 aromatic rings. The molecule has 0 saturated carbocycles. The molecule has 0 spiro atoms. The van der Waals surface area contributed by atoms with E-state index >= 15 is 0 Å². The SMILES string of the molecule is O=C(c1ccc2c(c1)OCCO2)N1CCC(O)(C(=O)O)CC1. The standard InChI is InChI=1S/C15H17NO6/c17-13(16-5-3-15(20,4-6-16)14(18)19)10-1-2-11-12(9-10)22-8-7-21-11/h1-2,9,20H,3-8H2,(H,18,19). The molecule has 1 aromatic carbocycles. The second-order valence-corrected chi connectivity index (χ2v) is 5.49. The van der Waals surface area contributed by atoms with Crippen molar-refractivity contribution in [2.75, 3.05) is 26.3 Å². The zero-order valence-electron chi connectivity index (χ0n) is 11.9. The highest BCUT2D eigenvalue weighted by Crippen LogP contribution is 2.31. The van der Waals surface area contributed by atoms with Gasteiger partial charge in [-0.1, -0.05) is 0 Å². The molecule has 0 bridgehead atoms. The summed E-state index contributed by atoms with van der Waals surface area (Å²) in [6, 6.07) is 4.99. The third-order valence-corrected chi connectivity index (χ3v) is 4.07. The highest BCUT2D eigenvalue weighted by Gasteiger charge is 2.40. The van der Waals surface area contributed by atoms with Crippen molar-refractivity contribution in [3.05, 3.63) is 23.8 Å². The van der Waals surface area contributed by atoms with Gasteiger partial charge in [0.05, 0.1) is 0 Å². The van der Waals surface area contributed by atoms with Crippen molar-refractivity contribution >= 4 is 11.9 Å². The van der Waals surface area contributed by atoms with Gasteiger partial charge >= 0.3 is 5.97 Å². The molecule has 1 fully saturated rings. The molecule has 1 amide bonds. The van der Waals surface area contributed by atoms with Gasteiger partial charge in [-0.2, -0.15) is 0 Å². The number of fused-ring (bicyclic) bond motifs is 1. The first-order valence-corrected chi connectivity index (χ1v) is 7.14. The molecule has 7 nitrogen and oxygen atoms in total. The highest BCUT2D eigenvalue weighted by atomic mass is 16.6. The lowest BCUT2D eigenvalue weighted by molar-refractivity contribution is -0.162. The summed E-state index contributed by atoms with van der Waals surface area (Å²) in [6.07, 6.45) is 0.0528. The van der Waals surface area contributed by atoms with Gasteiger partial charge in [-0.15, -0.1) is 0 Å². The van der Waals surface area contributed by atoms with E-state index in [9.17, 15) is 14.7 Å². The first kappa shape index (κ1) is 14.6. The first-order valence-electron chi connectivity index (χ1n) is 7.14. The molecule has 118 valence electrons. The van der Waals surface area contributed by atoms with E-state index in [4.69, 9.17) is 14.6 Å². The van der Waals surface area contributed by atoms with Crippen molar-refractivity contribution in [3.63, 3.8) is 0 Å². The maximum atomic E-state index is 12.5. The van der Waals surface area contributed by atoms with Gasteiger partial charge in [0, 0.05) is 31.5 Å². The van der Waals surface area contributed by atoms with Crippen LogP contribution in [0.3, 0.4) is 0 Å². The van der Waals surface area contributed by atoms with Crippen LogP contribution >= 0.6 is 0 Å². The first-order chi connectivity index (χ1) is 10.5. The number of amides is 1. The lowest BCUT2D eigenvalue weighted by Crippen LogP contribution is -2.50. The Hall–Kier alpha value is -2.28. The van der Waals surface area contributed by atoms with Crippen LogP contribution in [0, 0.1) is 0 Å². The average Bonchev–Trinajstić information content (AvgIpc) is 2.54. The van der Waals surface area contributed by atoms with Crippen molar-refractivity contribution in [2.24, 2.45) is 0 Å². The fourth-order valence-corrected chi connectivity index (χ4v) is 2.65. The lowest BCUT2D eigenvalue weighted by atomic mass is 9.91. The largest absolute Gasteiger partial charge is 0.486 e. The Kier molecular flexibility index (Phi) is 3.66. The number of carboxylic acids is 1. The molecule has 2 N–H and O–H groups in total. The summed E-state index contributed by atoms with van der Waals surface area (Å²) in [4.78, 5) is 25.0. The Balaban J connectivity index is 1.71. The Morgan fingerprint density at radius 1 is 1.09 bits per heavy atom. The van der Waals surface area contributed by atoms with Crippen LogP contribution in [0.5, 0.6) is 11.5 Å². The van der Waals surface area contributed by atoms with Crippen molar-refractivity contribution in [3.8, 4) is 11.5 Å². The molecule has 0 atom stereocenters. The Bertz CT molecular complexity index is 606. The van der Waals surface area contributed by atoms with Gasteiger partial charge in [0.25, 0.3) is 5.91 Å². The third-order valence-electron chi connectivity index (χ3n) is 4.07. The molecule has 2 aliphatic heterocycles. The summed E-state index contributed by atoms with van der Waals surface area (Å²) in [6.45, 7) is 1.34. The van der Waals surface area contributed by atoms with E-state index in [-0.39, 0.29) is 31.8 Å². The van der Waals surface area contributed by atoms with Gasteiger partial charge in [0.2, 0.25) is 0 Å². The van der Waals surface area contributed by atoms with E-state index in [2.05, 4.69) is 0 Å². The summed E-state index contributed by atoms with van der Waals surface area (Å²) in [5.74, 6) is -0.291. The second kappa shape index (κ2) is 5.49. The Morgan fingerprint density at radius 2 is 1.73 bits per heavy atom. The number of aliphatic hydroxyl groups is 1. The molecule has 2 heterocycles. The summed E-state index contributed by atoms with van der Waals surface area (Å²) in [5, 5.41) is 18.9. The summed E-state index contributed by atoms with van der Waals surface area (Å²) < 4.78 is 10.9. The van der Waals surface area contributed by atoms with Crippen molar-refractivity contribution in [1.82, 2.24) is 4.90 Å². The van der Waals surface area contributed by atoms with E-state index in [1.807, 2.05) is 0 Å². The van der Waals surface area contributed by atoms with Crippen LogP contribution in [-0.2, 0) is 4.79 Å². The third kappa shape index (κ3) is 2.59. The molecule has 22 heavy (non-hydrogen) atoms. The fourth-order valence-electron chi connectivity index (χ4n) is 2.65. The summed E-state index contributed by atoms with van der Waals surface area (Å²) in [5.41, 5.74) is -1.27. The summed E-state index contributed by atoms with van der Waals surface area (Å²) in [7, 11) is 0. The van der Waals surface area contributed by atoms with Gasteiger partial charge in [-0.25, -0.2) is 4.79 Å². The van der Waals surface area contributed by atoms with E-state index in [0.29, 0.717) is 30.3 Å². The number of carbonyl (C=O) groups is 2. The van der Waals surface area contributed by atoms with Crippen LogP contribution in [0.15, 0.2) is 18.2 Å². The second-order valence-electron chi connectivity index (χ2n) is 5.49. The maximum absolute atomic E-state index is 12.5. The quantitative estimate of drug-likeness (QED) is 0.826. The van der Waals surface area contributed by atoms with Gasteiger partial charge in [0.15, 0.2) is 17.1 Å². The number of rotatable bonds is 2. The van der Waals surface area contributed by atoms with Crippen molar-refractivity contribution in [1.29, 1.82) is 0 Å². The van der Waals surface area contributed by atoms with Crippen LogP contribution in [0.4, 0.5) is 0 Å². The Labute approximate surface area is 127 Å². The minimum Gasteiger partial charge on any atom is -0.486 e. The van der Waals surface area contributed by atoms with Gasteiger partial charge < -0.3 is 24.6 Å². The van der Waals surface area contributed by atoms with E-state index in [1.165, 1.54) is 0 Å². The molecule has 3 rings (SSSR count). The molecule has 7 heteroatoms. The number of likely N-dealkylation sites (tertiary alicyclic amines) is 1. The van der Waals surface area contributed by atoms with Crippen LogP contribution in [0.2, 0.25) is 0 Å². The van der Waals surface area contributed by atoms with E-state index < -0.39 is 11.6 Å². The minimum absolute atomic E-state index is 0.0264. The number of benzene rings is 1. The topological polar surface area (TPSA) is 96.3 Å². The van der Waals surface area contributed by atoms with E-state index in [1.54, 1.807) is 23.1 Å². The molecule has 0 unspecified atom stereocenters. The van der Waals surface area contributed by atoms with Crippen LogP contribution in [0.1, 0.15) is 23.2 Å². The van der Waals surface area contributed by atoms with Crippen LogP contribution < -0.4 is 9.47 Å². The Morgan fingerprint density at radius 3 is 2.36 bits per heavy atom. The molecule has 0 aromatic heterocycles. The zero-order chi connectivity index (χ0) is 15.7. The lowest BCUT2D eigenvalue weighted by Gasteiger charge is -2.35. The number of carboxylic acid groups (broad SMARTS) is 1. The number of carbonyl (C=O) groups excluding carboxylic acids is 1. The van der Waals surface area contributed by atoms with Crippen LogP contribution in [0.25, 0.3) is 0 Å². The number of nitrogens with zero attached hydrogens (tertiary/aromatic N) is 1. The minimum atomic E-state index is -1.73. The number of piperidine rings is 1. The molecule has 1 saturated heterocycles. The van der Waals surface area contributed by atoms with Crippen molar-refractivity contribution < 1.29 is 29.3 Å². The normalized spacial score (nSPS) is 19.6. The molecule has 0 aliphatic carbocycles. The number of aliphatic carboxylic acids is 1. The van der Waals surface area contributed by atoms with E-state index in [0.717, 1.165) is 0 Å². The van der Waals surface area contributed by atoms with Gasteiger partial charge in [0.1, 0.15) is 13.2 Å². The predicted octanol–water partition coefficient (Wildman–Crippen LogP) is 0.509. The van der Waals surface area contributed by atoms with Crippen molar-refractivity contribution in [2.45, 2.75) is 18.4 Å². The number of hydrogen-bond donors (Lipinski definition) is 2. The monoisotopic (exact) mass is 307 g/mol. The number of hydrogen-bond acceptors (Lipinski definition) is 5. The number of ether oxygens (including phenoxy) is 2. The fraction of sp³-hybridized carbons (Fsp3) is 0.467. The van der Waals surface area contributed by atoms with Gasteiger partial charge in [-0.05, 0) is 18.2 Å². The maximum Gasteiger partial charge on any atom is 0.335 e. The molecule has 2 aliphatic rings. The predicted molar refractivity (Wildman–Crippen MR) is 75.2 cm³/mol. The molecular formula is C15H17NO6. The smallest absolute Gasteiger partial charge is 0.335 e. The van der Waals surface area contributed by atoms with Gasteiger partial charge in [-0.3, -0.25) is 4.79 Å².